The Morgan fingerprint density at radius 3 is 2.36 bits per heavy atom. The molecule has 1 rings (SSSR count). The van der Waals surface area contributed by atoms with E-state index in [4.69, 9.17) is 9.47 Å². The van der Waals surface area contributed by atoms with Crippen molar-refractivity contribution >= 4 is 0 Å². The third-order valence-corrected chi connectivity index (χ3v) is 1.77. The van der Waals surface area contributed by atoms with Crippen molar-refractivity contribution in [2.75, 3.05) is 13.2 Å². The van der Waals surface area contributed by atoms with Gasteiger partial charge in [-0.3, -0.25) is 0 Å². The quantitative estimate of drug-likeness (QED) is 0.570. The minimum absolute atomic E-state index is 0.190. The number of hydrogen-bond donors (Lipinski definition) is 1. The summed E-state index contributed by atoms with van der Waals surface area (Å²) in [4.78, 5) is 0. The van der Waals surface area contributed by atoms with E-state index in [1.54, 1.807) is 13.0 Å². The van der Waals surface area contributed by atoms with Crippen LogP contribution >= 0.6 is 0 Å². The molecule has 1 heterocycles. The SMILES string of the molecule is C=CC1(C)COC(C)(O)CO1. The monoisotopic (exact) mass is 158 g/mol. The molecule has 2 atom stereocenters. The third-order valence-electron chi connectivity index (χ3n) is 1.77. The number of hydrogen-bond acceptors (Lipinski definition) is 3. The molecule has 0 saturated carbocycles. The summed E-state index contributed by atoms with van der Waals surface area (Å²) in [6.07, 6.45) is 1.68. The maximum atomic E-state index is 9.32. The number of rotatable bonds is 1. The Morgan fingerprint density at radius 2 is 2.00 bits per heavy atom. The first-order chi connectivity index (χ1) is 4.97. The molecule has 0 aromatic heterocycles. The summed E-state index contributed by atoms with van der Waals surface area (Å²) in [6, 6.07) is 0. The first-order valence-corrected chi connectivity index (χ1v) is 3.61. The van der Waals surface area contributed by atoms with Crippen LogP contribution in [0.4, 0.5) is 0 Å². The summed E-state index contributed by atoms with van der Waals surface area (Å²) >= 11 is 0. The molecule has 0 spiro atoms. The van der Waals surface area contributed by atoms with Crippen molar-refractivity contribution in [3.63, 3.8) is 0 Å². The normalized spacial score (nSPS) is 45.4. The lowest BCUT2D eigenvalue weighted by Crippen LogP contribution is -2.49. The van der Waals surface area contributed by atoms with Crippen molar-refractivity contribution in [1.82, 2.24) is 0 Å². The van der Waals surface area contributed by atoms with Gasteiger partial charge < -0.3 is 14.6 Å². The van der Waals surface area contributed by atoms with Crippen LogP contribution in [-0.4, -0.2) is 29.7 Å². The van der Waals surface area contributed by atoms with Crippen LogP contribution in [0, 0.1) is 0 Å². The van der Waals surface area contributed by atoms with E-state index in [9.17, 15) is 5.11 Å². The van der Waals surface area contributed by atoms with Crippen LogP contribution < -0.4 is 0 Å². The molecule has 3 nitrogen and oxygen atoms in total. The Morgan fingerprint density at radius 1 is 1.36 bits per heavy atom. The predicted octanol–water partition coefficient (Wildman–Crippen LogP) is 0.686. The fourth-order valence-corrected chi connectivity index (χ4v) is 0.799. The van der Waals surface area contributed by atoms with Gasteiger partial charge in [0.1, 0.15) is 12.2 Å². The lowest BCUT2D eigenvalue weighted by Gasteiger charge is -2.38. The molecule has 1 fully saturated rings. The van der Waals surface area contributed by atoms with E-state index < -0.39 is 11.4 Å². The van der Waals surface area contributed by atoms with E-state index in [0.717, 1.165) is 0 Å². The van der Waals surface area contributed by atoms with Crippen LogP contribution in [0.15, 0.2) is 12.7 Å². The highest BCUT2D eigenvalue weighted by molar-refractivity contribution is 4.96. The smallest absolute Gasteiger partial charge is 0.186 e. The Bertz CT molecular complexity index is 153. The Balaban J connectivity index is 2.54. The minimum Gasteiger partial charge on any atom is -0.364 e. The first kappa shape index (κ1) is 8.71. The minimum atomic E-state index is -1.14. The fourth-order valence-electron chi connectivity index (χ4n) is 0.799. The van der Waals surface area contributed by atoms with Gasteiger partial charge in [0.25, 0.3) is 0 Å². The lowest BCUT2D eigenvalue weighted by molar-refractivity contribution is -0.292. The van der Waals surface area contributed by atoms with E-state index >= 15 is 0 Å². The van der Waals surface area contributed by atoms with Crippen molar-refractivity contribution in [2.24, 2.45) is 0 Å². The van der Waals surface area contributed by atoms with Crippen LogP contribution in [0.5, 0.6) is 0 Å². The third kappa shape index (κ3) is 2.02. The summed E-state index contributed by atoms with van der Waals surface area (Å²) in [6.45, 7) is 7.61. The molecule has 1 aliphatic rings. The predicted molar refractivity (Wildman–Crippen MR) is 41.1 cm³/mol. The summed E-state index contributed by atoms with van der Waals surface area (Å²) in [5, 5.41) is 9.32. The number of ether oxygens (including phenoxy) is 2. The highest BCUT2D eigenvalue weighted by Gasteiger charge is 2.35. The molecule has 0 amide bonds. The topological polar surface area (TPSA) is 38.7 Å². The van der Waals surface area contributed by atoms with Gasteiger partial charge in [-0.1, -0.05) is 6.08 Å². The molecule has 64 valence electrons. The molecular weight excluding hydrogens is 144 g/mol. The second kappa shape index (κ2) is 2.59. The van der Waals surface area contributed by atoms with Crippen molar-refractivity contribution in [1.29, 1.82) is 0 Å². The summed E-state index contributed by atoms with van der Waals surface area (Å²) in [7, 11) is 0. The zero-order chi connectivity index (χ0) is 8.54. The molecule has 1 N–H and O–H groups in total. The van der Waals surface area contributed by atoms with Crippen molar-refractivity contribution in [3.8, 4) is 0 Å². The lowest BCUT2D eigenvalue weighted by atomic mass is 10.1. The highest BCUT2D eigenvalue weighted by atomic mass is 16.7. The summed E-state index contributed by atoms with van der Waals surface area (Å²) in [5.74, 6) is -1.14. The van der Waals surface area contributed by atoms with Gasteiger partial charge in [0.05, 0.1) is 6.61 Å². The Labute approximate surface area is 66.6 Å². The molecular formula is C8H14O3. The van der Waals surface area contributed by atoms with Gasteiger partial charge in [-0.15, -0.1) is 6.58 Å². The van der Waals surface area contributed by atoms with Gasteiger partial charge in [0, 0.05) is 0 Å². The number of aliphatic hydroxyl groups is 1. The van der Waals surface area contributed by atoms with E-state index in [1.165, 1.54) is 0 Å². The van der Waals surface area contributed by atoms with Gasteiger partial charge >= 0.3 is 0 Å². The van der Waals surface area contributed by atoms with Crippen LogP contribution in [-0.2, 0) is 9.47 Å². The molecule has 0 aromatic carbocycles. The van der Waals surface area contributed by atoms with Gasteiger partial charge in [-0.25, -0.2) is 0 Å². The molecule has 0 aliphatic carbocycles. The maximum absolute atomic E-state index is 9.32. The van der Waals surface area contributed by atoms with E-state index in [1.807, 2.05) is 6.92 Å². The van der Waals surface area contributed by atoms with Crippen LogP contribution in [0.1, 0.15) is 13.8 Å². The van der Waals surface area contributed by atoms with E-state index in [2.05, 4.69) is 6.58 Å². The largest absolute Gasteiger partial charge is 0.364 e. The average Bonchev–Trinajstić information content (AvgIpc) is 1.97. The summed E-state index contributed by atoms with van der Waals surface area (Å²) in [5.41, 5.74) is -0.442. The second-order valence-corrected chi connectivity index (χ2v) is 3.27. The molecule has 1 aliphatic heterocycles. The van der Waals surface area contributed by atoms with Gasteiger partial charge in [-0.2, -0.15) is 0 Å². The zero-order valence-corrected chi connectivity index (χ0v) is 6.96. The van der Waals surface area contributed by atoms with Crippen LogP contribution in [0.3, 0.4) is 0 Å². The van der Waals surface area contributed by atoms with Crippen molar-refractivity contribution < 1.29 is 14.6 Å². The maximum Gasteiger partial charge on any atom is 0.186 e. The van der Waals surface area contributed by atoms with Crippen LogP contribution in [0.2, 0.25) is 0 Å². The first-order valence-electron chi connectivity index (χ1n) is 3.61. The molecule has 1 saturated heterocycles. The van der Waals surface area contributed by atoms with Crippen molar-refractivity contribution in [3.05, 3.63) is 12.7 Å². The molecule has 11 heavy (non-hydrogen) atoms. The van der Waals surface area contributed by atoms with Crippen molar-refractivity contribution in [2.45, 2.75) is 25.2 Å². The molecule has 3 heteroatoms. The Kier molecular flexibility index (Phi) is 2.05. The van der Waals surface area contributed by atoms with E-state index in [0.29, 0.717) is 6.61 Å². The summed E-state index contributed by atoms with van der Waals surface area (Å²) < 4.78 is 10.5. The Hall–Kier alpha value is -0.380. The second-order valence-electron chi connectivity index (χ2n) is 3.27. The molecule has 0 bridgehead atoms. The molecule has 2 unspecified atom stereocenters. The fraction of sp³-hybridized carbons (Fsp3) is 0.750. The zero-order valence-electron chi connectivity index (χ0n) is 6.96. The van der Waals surface area contributed by atoms with Gasteiger partial charge in [0.15, 0.2) is 5.79 Å². The van der Waals surface area contributed by atoms with Crippen LogP contribution in [0.25, 0.3) is 0 Å². The highest BCUT2D eigenvalue weighted by Crippen LogP contribution is 2.23. The average molecular weight is 158 g/mol. The molecule has 0 aromatic rings. The van der Waals surface area contributed by atoms with Gasteiger partial charge in [0.2, 0.25) is 0 Å². The van der Waals surface area contributed by atoms with E-state index in [-0.39, 0.29) is 6.61 Å². The van der Waals surface area contributed by atoms with Gasteiger partial charge in [-0.05, 0) is 13.8 Å². The standard InChI is InChI=1S/C8H14O3/c1-4-7(2)5-11-8(3,9)6-10-7/h4,9H,1,5-6H2,2-3H3. The molecule has 0 radical (unpaired) electrons.